The fourth-order valence-corrected chi connectivity index (χ4v) is 4.32. The number of anilines is 3. The van der Waals surface area contributed by atoms with Crippen molar-refractivity contribution >= 4 is 69.8 Å². The summed E-state index contributed by atoms with van der Waals surface area (Å²) >= 11 is 18.0. The Kier molecular flexibility index (Phi) is 5.95. The van der Waals surface area contributed by atoms with Crippen LogP contribution >= 0.6 is 34.8 Å². The summed E-state index contributed by atoms with van der Waals surface area (Å²) in [6.45, 7) is 0.358. The topological polar surface area (TPSA) is 74.2 Å². The van der Waals surface area contributed by atoms with Crippen molar-refractivity contribution in [3.63, 3.8) is 0 Å². The molecule has 2 aliphatic heterocycles. The van der Waals surface area contributed by atoms with Gasteiger partial charge in [0, 0.05) is 26.4 Å². The molecule has 0 radical (unpaired) electrons. The van der Waals surface area contributed by atoms with Gasteiger partial charge in [0.1, 0.15) is 0 Å². The van der Waals surface area contributed by atoms with E-state index in [1.165, 1.54) is 4.90 Å². The minimum atomic E-state index is -0.956. The molecule has 0 aliphatic carbocycles. The minimum absolute atomic E-state index is 0.179. The van der Waals surface area contributed by atoms with Crippen LogP contribution in [0.2, 0.25) is 15.1 Å². The number of hydrogen-bond acceptors (Lipinski definition) is 3. The number of rotatable bonds is 3. The summed E-state index contributed by atoms with van der Waals surface area (Å²) in [5, 5.41) is 4.33. The monoisotopic (exact) mass is 514 g/mol. The Morgan fingerprint density at radius 3 is 1.82 bits per heavy atom. The zero-order valence-corrected chi connectivity index (χ0v) is 19.8. The number of carbonyl (C=O) groups is 2. The Morgan fingerprint density at radius 1 is 0.824 bits per heavy atom. The second kappa shape index (κ2) is 8.92. The van der Waals surface area contributed by atoms with Crippen molar-refractivity contribution in [2.24, 2.45) is 4.99 Å². The van der Waals surface area contributed by atoms with E-state index in [1.807, 2.05) is 0 Å². The van der Waals surface area contributed by atoms with Gasteiger partial charge in [0.15, 0.2) is 11.4 Å². The summed E-state index contributed by atoms with van der Waals surface area (Å²) in [4.78, 5) is 34.1. The number of benzene rings is 3. The van der Waals surface area contributed by atoms with E-state index in [1.54, 1.807) is 77.7 Å². The molecule has 7 nitrogen and oxygen atoms in total. The third-order valence-electron chi connectivity index (χ3n) is 5.59. The van der Waals surface area contributed by atoms with Gasteiger partial charge in [-0.15, -0.1) is 0 Å². The maximum absolute atomic E-state index is 13.8. The molecule has 4 amide bonds. The molecule has 2 heterocycles. The molecule has 0 atom stereocenters. The lowest BCUT2D eigenvalue weighted by Crippen LogP contribution is -2.64. The molecule has 2 fully saturated rings. The van der Waals surface area contributed by atoms with E-state index in [2.05, 4.69) is 10.3 Å². The Hall–Kier alpha value is -3.10. The number of halogens is 3. The highest BCUT2D eigenvalue weighted by atomic mass is 35.5. The number of aliphatic imine (C=N–C) groups is 1. The predicted molar refractivity (Wildman–Crippen MR) is 135 cm³/mol. The smallest absolute Gasteiger partial charge is 0.347 e. The van der Waals surface area contributed by atoms with Crippen molar-refractivity contribution in [1.82, 2.24) is 0 Å². The van der Waals surface area contributed by atoms with Crippen LogP contribution in [0.25, 0.3) is 0 Å². The maximum Gasteiger partial charge on any atom is 0.347 e. The molecule has 0 aromatic heterocycles. The molecule has 0 bridgehead atoms. The van der Waals surface area contributed by atoms with Crippen LogP contribution < -0.4 is 15.1 Å². The van der Waals surface area contributed by atoms with Gasteiger partial charge in [0.05, 0.1) is 18.9 Å². The molecule has 1 N–H and O–H groups in total. The van der Waals surface area contributed by atoms with Gasteiger partial charge < -0.3 is 10.1 Å². The van der Waals surface area contributed by atoms with Gasteiger partial charge in [-0.2, -0.15) is 4.99 Å². The normalized spacial score (nSPS) is 17.9. The lowest BCUT2D eigenvalue weighted by molar-refractivity contribution is -0.0152. The Balaban J connectivity index is 1.59. The highest BCUT2D eigenvalue weighted by Crippen LogP contribution is 2.42. The van der Waals surface area contributed by atoms with Crippen molar-refractivity contribution < 1.29 is 14.3 Å². The van der Waals surface area contributed by atoms with Crippen LogP contribution in [-0.4, -0.2) is 36.7 Å². The van der Waals surface area contributed by atoms with Crippen molar-refractivity contribution in [1.29, 1.82) is 0 Å². The third-order valence-corrected chi connectivity index (χ3v) is 6.35. The van der Waals surface area contributed by atoms with E-state index in [9.17, 15) is 9.59 Å². The van der Waals surface area contributed by atoms with E-state index in [0.29, 0.717) is 32.1 Å². The molecular weight excluding hydrogens is 499 g/mol. The summed E-state index contributed by atoms with van der Waals surface area (Å²) in [5.74, 6) is 0.257. The van der Waals surface area contributed by atoms with Crippen LogP contribution in [-0.2, 0) is 4.74 Å². The maximum atomic E-state index is 13.8. The first kappa shape index (κ1) is 22.7. The molecule has 5 rings (SSSR count). The number of amides is 4. The van der Waals surface area contributed by atoms with E-state index < -0.39 is 11.6 Å². The molecule has 0 unspecified atom stereocenters. The Morgan fingerprint density at radius 2 is 1.32 bits per heavy atom. The largest absolute Gasteiger partial charge is 0.375 e. The number of carbonyl (C=O) groups excluding carboxylic acids is 2. The van der Waals surface area contributed by atoms with Gasteiger partial charge in [-0.05, 0) is 72.8 Å². The van der Waals surface area contributed by atoms with Gasteiger partial charge in [-0.3, -0.25) is 4.90 Å². The first-order valence-electron chi connectivity index (χ1n) is 10.3. The summed E-state index contributed by atoms with van der Waals surface area (Å²) in [6.07, 6.45) is 0. The van der Waals surface area contributed by atoms with Crippen molar-refractivity contribution in [2.45, 2.75) is 5.54 Å². The second-order valence-corrected chi connectivity index (χ2v) is 9.11. The highest BCUT2D eigenvalue weighted by Gasteiger charge is 2.61. The molecular formula is C24H17Cl3N4O3. The number of nitrogens with one attached hydrogen (secondary N) is 1. The average molecular weight is 516 g/mol. The first-order chi connectivity index (χ1) is 16.4. The van der Waals surface area contributed by atoms with Crippen molar-refractivity contribution in [3.8, 4) is 0 Å². The van der Waals surface area contributed by atoms with Gasteiger partial charge in [-0.25, -0.2) is 14.5 Å². The Labute approximate surface area is 210 Å². The van der Waals surface area contributed by atoms with E-state index in [0.717, 1.165) is 0 Å². The fourth-order valence-electron chi connectivity index (χ4n) is 3.94. The number of ether oxygens (including phenoxy) is 1. The van der Waals surface area contributed by atoms with Crippen LogP contribution in [0.3, 0.4) is 0 Å². The molecule has 3 aromatic carbocycles. The van der Waals surface area contributed by atoms with Crippen LogP contribution in [0, 0.1) is 0 Å². The first-order valence-corrected chi connectivity index (χ1v) is 11.4. The molecule has 0 saturated carbocycles. The summed E-state index contributed by atoms with van der Waals surface area (Å²) in [7, 11) is 0. The van der Waals surface area contributed by atoms with Crippen molar-refractivity contribution in [3.05, 3.63) is 87.9 Å². The summed E-state index contributed by atoms with van der Waals surface area (Å²) in [5.41, 5.74) is 0.701. The molecule has 172 valence electrons. The van der Waals surface area contributed by atoms with Crippen LogP contribution in [0.4, 0.5) is 26.7 Å². The molecule has 3 aromatic rings. The highest BCUT2D eigenvalue weighted by molar-refractivity contribution is 6.35. The lowest BCUT2D eigenvalue weighted by Gasteiger charge is -2.43. The van der Waals surface area contributed by atoms with Crippen LogP contribution in [0.15, 0.2) is 77.8 Å². The SMILES string of the molecule is O=C(N=C1N(c2ccc(Cl)cc2)C(=O)N(c2ccc(Cl)cc2)C12COC2)Nc1ccc(Cl)cc1. The minimum Gasteiger partial charge on any atom is -0.375 e. The van der Waals surface area contributed by atoms with E-state index in [-0.39, 0.29) is 25.1 Å². The Bertz CT molecular complexity index is 1270. The van der Waals surface area contributed by atoms with Gasteiger partial charge in [0.2, 0.25) is 0 Å². The molecule has 34 heavy (non-hydrogen) atoms. The van der Waals surface area contributed by atoms with Gasteiger partial charge >= 0.3 is 12.1 Å². The predicted octanol–water partition coefficient (Wildman–Crippen LogP) is 6.49. The molecule has 2 aliphatic rings. The standard InChI is InChI=1S/C24H17Cl3N4O3/c25-15-1-7-18(8-2-15)28-22(32)29-21-24(13-34-14-24)31(20-11-5-17(27)6-12-20)23(33)30(21)19-9-3-16(26)4-10-19/h1-12H,13-14H2,(H,28,32). The van der Waals surface area contributed by atoms with E-state index in [4.69, 9.17) is 39.5 Å². The zero-order chi connectivity index (χ0) is 23.9. The molecule has 10 heteroatoms. The number of amidine groups is 1. The lowest BCUT2D eigenvalue weighted by atomic mass is 9.94. The van der Waals surface area contributed by atoms with Gasteiger partial charge in [0.25, 0.3) is 0 Å². The molecule has 2 saturated heterocycles. The van der Waals surface area contributed by atoms with E-state index >= 15 is 0 Å². The number of nitrogens with zero attached hydrogens (tertiary/aromatic N) is 3. The second-order valence-electron chi connectivity index (χ2n) is 7.80. The quantitative estimate of drug-likeness (QED) is 0.433. The summed E-state index contributed by atoms with van der Waals surface area (Å²) < 4.78 is 5.54. The average Bonchev–Trinajstić information content (AvgIpc) is 3.05. The fraction of sp³-hybridized carbons (Fsp3) is 0.125. The number of urea groups is 2. The van der Waals surface area contributed by atoms with Gasteiger partial charge in [-0.1, -0.05) is 34.8 Å². The third kappa shape index (κ3) is 4.01. The summed E-state index contributed by atoms with van der Waals surface area (Å²) in [6, 6.07) is 19.3. The zero-order valence-electron chi connectivity index (χ0n) is 17.5. The number of hydrogen-bond donors (Lipinski definition) is 1. The van der Waals surface area contributed by atoms with Crippen LogP contribution in [0.5, 0.6) is 0 Å². The molecule has 1 spiro atoms. The van der Waals surface area contributed by atoms with Crippen molar-refractivity contribution in [2.75, 3.05) is 28.3 Å². The van der Waals surface area contributed by atoms with Crippen LogP contribution in [0.1, 0.15) is 0 Å².